The van der Waals surface area contributed by atoms with Crippen molar-refractivity contribution in [3.05, 3.63) is 28.3 Å². The van der Waals surface area contributed by atoms with E-state index in [1.165, 1.54) is 6.07 Å². The minimum absolute atomic E-state index is 0.0000565. The molecule has 1 rings (SSSR count). The van der Waals surface area contributed by atoms with Gasteiger partial charge in [0, 0.05) is 18.6 Å². The van der Waals surface area contributed by atoms with E-state index >= 15 is 0 Å². The van der Waals surface area contributed by atoms with Gasteiger partial charge in [0.05, 0.1) is 6.61 Å². The predicted molar refractivity (Wildman–Crippen MR) is 52.6 cm³/mol. The Bertz CT molecular complexity index is 357. The van der Waals surface area contributed by atoms with Crippen LogP contribution in [0.5, 0.6) is 5.75 Å². The van der Waals surface area contributed by atoms with Crippen LogP contribution < -0.4 is 10.2 Å². The summed E-state index contributed by atoms with van der Waals surface area (Å²) >= 11 is 0. The van der Waals surface area contributed by atoms with Crippen LogP contribution in [0.3, 0.4) is 0 Å². The molecule has 84 valence electrons. The van der Waals surface area contributed by atoms with Crippen molar-refractivity contribution in [2.45, 2.75) is 13.5 Å². The molecule has 0 aromatic carbocycles. The lowest BCUT2D eigenvalue weighted by Gasteiger charge is -2.09. The lowest BCUT2D eigenvalue weighted by Crippen LogP contribution is -2.16. The van der Waals surface area contributed by atoms with Gasteiger partial charge in [-0.3, -0.25) is 4.79 Å². The molecule has 2 N–H and O–H groups in total. The van der Waals surface area contributed by atoms with Gasteiger partial charge in [-0.2, -0.15) is 0 Å². The number of rotatable bonds is 5. The van der Waals surface area contributed by atoms with Crippen LogP contribution in [0.25, 0.3) is 0 Å². The molecule has 1 atom stereocenters. The average molecular weight is 214 g/mol. The molecule has 0 aliphatic carbocycles. The Morgan fingerprint density at radius 2 is 2.27 bits per heavy atom. The highest BCUT2D eigenvalue weighted by Crippen LogP contribution is 2.07. The molecule has 0 aliphatic rings. The summed E-state index contributed by atoms with van der Waals surface area (Å²) in [6.45, 7) is 1.73. The van der Waals surface area contributed by atoms with E-state index in [-0.39, 0.29) is 42.7 Å². The van der Waals surface area contributed by atoms with Crippen LogP contribution in [0.4, 0.5) is 0 Å². The maximum absolute atomic E-state index is 11.3. The second kappa shape index (κ2) is 5.53. The molecule has 0 spiro atoms. The second-order valence-corrected chi connectivity index (χ2v) is 3.33. The Hall–Kier alpha value is -1.33. The Balaban J connectivity index is 2.66. The maximum atomic E-state index is 11.3. The van der Waals surface area contributed by atoms with Gasteiger partial charge in [0.1, 0.15) is 18.6 Å². The first-order chi connectivity index (χ1) is 7.17. The zero-order chi connectivity index (χ0) is 11.3. The molecule has 0 aliphatic heterocycles. The summed E-state index contributed by atoms with van der Waals surface area (Å²) in [4.78, 5) is 11.3. The standard InChI is InChI=1S/C10H14O5/c1-7(3-11)5-15-10-6-14-8(4-12)2-9(10)13/h2,6-7,11-12H,3-5H2,1H3. The molecule has 1 heterocycles. The summed E-state index contributed by atoms with van der Waals surface area (Å²) in [5, 5.41) is 17.5. The number of aliphatic hydroxyl groups excluding tert-OH is 2. The molecule has 0 bridgehead atoms. The van der Waals surface area contributed by atoms with Crippen molar-refractivity contribution < 1.29 is 19.4 Å². The first kappa shape index (κ1) is 11.7. The van der Waals surface area contributed by atoms with E-state index < -0.39 is 0 Å². The van der Waals surface area contributed by atoms with E-state index in [1.807, 2.05) is 0 Å². The van der Waals surface area contributed by atoms with E-state index in [1.54, 1.807) is 6.92 Å². The van der Waals surface area contributed by atoms with Gasteiger partial charge in [-0.05, 0) is 0 Å². The van der Waals surface area contributed by atoms with Crippen molar-refractivity contribution in [2.75, 3.05) is 13.2 Å². The summed E-state index contributed by atoms with van der Waals surface area (Å²) < 4.78 is 10.1. The van der Waals surface area contributed by atoms with Gasteiger partial charge in [0.2, 0.25) is 11.2 Å². The molecule has 0 radical (unpaired) electrons. The van der Waals surface area contributed by atoms with Crippen LogP contribution in [0.2, 0.25) is 0 Å². The molecule has 5 nitrogen and oxygen atoms in total. The summed E-state index contributed by atoms with van der Waals surface area (Å²) in [5.41, 5.74) is -0.338. The summed E-state index contributed by atoms with van der Waals surface area (Å²) in [6, 6.07) is 1.18. The minimum atomic E-state index is -0.338. The van der Waals surface area contributed by atoms with Crippen molar-refractivity contribution >= 4 is 0 Å². The van der Waals surface area contributed by atoms with Crippen LogP contribution in [0, 0.1) is 5.92 Å². The fourth-order valence-electron chi connectivity index (χ4n) is 0.911. The van der Waals surface area contributed by atoms with Crippen molar-refractivity contribution in [1.82, 2.24) is 0 Å². The Morgan fingerprint density at radius 1 is 1.53 bits per heavy atom. The highest BCUT2D eigenvalue weighted by Gasteiger charge is 2.06. The molecule has 15 heavy (non-hydrogen) atoms. The minimum Gasteiger partial charge on any atom is -0.486 e. The molecule has 1 aromatic heterocycles. The zero-order valence-corrected chi connectivity index (χ0v) is 8.47. The van der Waals surface area contributed by atoms with Crippen LogP contribution in [0.1, 0.15) is 12.7 Å². The highest BCUT2D eigenvalue weighted by atomic mass is 16.5. The summed E-state index contributed by atoms with van der Waals surface area (Å²) in [5.74, 6) is 0.247. The Labute approximate surface area is 86.9 Å². The van der Waals surface area contributed by atoms with Gasteiger partial charge in [-0.25, -0.2) is 0 Å². The Morgan fingerprint density at radius 3 is 2.80 bits per heavy atom. The number of aliphatic hydroxyl groups is 2. The molecule has 1 unspecified atom stereocenters. The zero-order valence-electron chi connectivity index (χ0n) is 8.47. The van der Waals surface area contributed by atoms with Gasteiger partial charge in [0.25, 0.3) is 0 Å². The lowest BCUT2D eigenvalue weighted by atomic mass is 10.2. The third-order valence-electron chi connectivity index (χ3n) is 1.84. The molecule has 1 aromatic rings. The Kier molecular flexibility index (Phi) is 4.33. The van der Waals surface area contributed by atoms with E-state index in [2.05, 4.69) is 0 Å². The largest absolute Gasteiger partial charge is 0.486 e. The number of hydrogen-bond donors (Lipinski definition) is 2. The van der Waals surface area contributed by atoms with Crippen molar-refractivity contribution in [1.29, 1.82) is 0 Å². The number of hydrogen-bond acceptors (Lipinski definition) is 5. The second-order valence-electron chi connectivity index (χ2n) is 3.33. The molecule has 0 fully saturated rings. The van der Waals surface area contributed by atoms with Gasteiger partial charge in [-0.1, -0.05) is 6.92 Å². The highest BCUT2D eigenvalue weighted by molar-refractivity contribution is 5.17. The molecular formula is C10H14O5. The number of ether oxygens (including phenoxy) is 1. The third kappa shape index (κ3) is 3.38. The quantitative estimate of drug-likeness (QED) is 0.728. The van der Waals surface area contributed by atoms with Crippen LogP contribution in [0.15, 0.2) is 21.5 Å². The smallest absolute Gasteiger partial charge is 0.227 e. The fraction of sp³-hybridized carbons (Fsp3) is 0.500. The average Bonchev–Trinajstić information content (AvgIpc) is 2.26. The fourth-order valence-corrected chi connectivity index (χ4v) is 0.911. The molecule has 5 heteroatoms. The van der Waals surface area contributed by atoms with Gasteiger partial charge in [0.15, 0.2) is 0 Å². The lowest BCUT2D eigenvalue weighted by molar-refractivity contribution is 0.170. The summed E-state index contributed by atoms with van der Waals surface area (Å²) in [7, 11) is 0. The SMILES string of the molecule is CC(CO)COc1coc(CO)cc1=O. The molecule has 0 saturated heterocycles. The topological polar surface area (TPSA) is 79.9 Å². The normalized spacial score (nSPS) is 12.5. The van der Waals surface area contributed by atoms with Gasteiger partial charge in [-0.15, -0.1) is 0 Å². The first-order valence-corrected chi connectivity index (χ1v) is 4.63. The summed E-state index contributed by atoms with van der Waals surface area (Å²) in [6.07, 6.45) is 1.16. The monoisotopic (exact) mass is 214 g/mol. The van der Waals surface area contributed by atoms with E-state index in [9.17, 15) is 4.79 Å². The molecule has 0 amide bonds. The van der Waals surface area contributed by atoms with Crippen molar-refractivity contribution in [3.63, 3.8) is 0 Å². The van der Waals surface area contributed by atoms with E-state index in [0.717, 1.165) is 6.26 Å². The third-order valence-corrected chi connectivity index (χ3v) is 1.84. The van der Waals surface area contributed by atoms with Crippen LogP contribution in [-0.2, 0) is 6.61 Å². The van der Waals surface area contributed by atoms with E-state index in [4.69, 9.17) is 19.4 Å². The van der Waals surface area contributed by atoms with Crippen molar-refractivity contribution in [2.24, 2.45) is 5.92 Å². The predicted octanol–water partition coefficient (Wildman–Crippen LogP) is 0.139. The maximum Gasteiger partial charge on any atom is 0.227 e. The van der Waals surface area contributed by atoms with Gasteiger partial charge >= 0.3 is 0 Å². The van der Waals surface area contributed by atoms with Crippen LogP contribution >= 0.6 is 0 Å². The first-order valence-electron chi connectivity index (χ1n) is 4.63. The molecular weight excluding hydrogens is 200 g/mol. The van der Waals surface area contributed by atoms with Crippen LogP contribution in [-0.4, -0.2) is 23.4 Å². The van der Waals surface area contributed by atoms with Gasteiger partial charge < -0.3 is 19.4 Å². The van der Waals surface area contributed by atoms with Crippen molar-refractivity contribution in [3.8, 4) is 5.75 Å². The molecule has 0 saturated carbocycles. The van der Waals surface area contributed by atoms with E-state index in [0.29, 0.717) is 0 Å².